The van der Waals surface area contributed by atoms with Crippen molar-refractivity contribution in [2.24, 2.45) is 0 Å². The van der Waals surface area contributed by atoms with Gasteiger partial charge in [-0.25, -0.2) is 0 Å². The molecule has 3 aromatic heterocycles. The Morgan fingerprint density at radius 2 is 2.06 bits per heavy atom. The largest absolute Gasteiger partial charge is 0.337 e. The summed E-state index contributed by atoms with van der Waals surface area (Å²) in [5.41, 5.74) is 3.76. The maximum atomic E-state index is 12.7. The highest BCUT2D eigenvalue weighted by atomic mass is 79.9. The van der Waals surface area contributed by atoms with Gasteiger partial charge in [0.25, 0.3) is 0 Å². The SMILES string of the molecule is CN(Cc1cc(Br)cs1)C(=O)C=Cc1cn(Cc2ccccc2)nc1-c1cccnc1. The molecule has 1 aromatic carbocycles. The summed E-state index contributed by atoms with van der Waals surface area (Å²) < 4.78 is 2.94. The first kappa shape index (κ1) is 21.2. The van der Waals surface area contributed by atoms with E-state index in [0.29, 0.717) is 13.1 Å². The first-order chi connectivity index (χ1) is 15.1. The van der Waals surface area contributed by atoms with Crippen LogP contribution in [0.25, 0.3) is 17.3 Å². The fourth-order valence-electron chi connectivity index (χ4n) is 3.17. The number of amides is 1. The van der Waals surface area contributed by atoms with Gasteiger partial charge in [0, 0.05) is 57.6 Å². The number of aromatic nitrogens is 3. The second-order valence-electron chi connectivity index (χ2n) is 7.12. The summed E-state index contributed by atoms with van der Waals surface area (Å²) in [5, 5.41) is 6.78. The number of carbonyl (C=O) groups excluding carboxylic acids is 1. The molecule has 0 saturated heterocycles. The van der Waals surface area contributed by atoms with Crippen molar-refractivity contribution in [3.8, 4) is 11.3 Å². The van der Waals surface area contributed by atoms with E-state index in [2.05, 4.69) is 33.0 Å². The minimum Gasteiger partial charge on any atom is -0.337 e. The molecule has 4 rings (SSSR count). The van der Waals surface area contributed by atoms with Gasteiger partial charge in [-0.2, -0.15) is 5.10 Å². The van der Waals surface area contributed by atoms with Crippen molar-refractivity contribution < 1.29 is 4.79 Å². The van der Waals surface area contributed by atoms with Crippen molar-refractivity contribution in [2.45, 2.75) is 13.1 Å². The maximum absolute atomic E-state index is 12.7. The monoisotopic (exact) mass is 492 g/mol. The van der Waals surface area contributed by atoms with Crippen molar-refractivity contribution in [3.05, 3.63) is 99.1 Å². The summed E-state index contributed by atoms with van der Waals surface area (Å²) in [5.74, 6) is -0.0579. The zero-order valence-corrected chi connectivity index (χ0v) is 19.4. The minimum atomic E-state index is -0.0579. The quantitative estimate of drug-likeness (QED) is 0.320. The Bertz CT molecular complexity index is 1180. The number of hydrogen-bond donors (Lipinski definition) is 0. The molecular formula is C24H21BrN4OS. The van der Waals surface area contributed by atoms with Gasteiger partial charge in [-0.15, -0.1) is 11.3 Å². The molecule has 0 radical (unpaired) electrons. The molecule has 0 aliphatic heterocycles. The normalized spacial score (nSPS) is 11.2. The van der Waals surface area contributed by atoms with Gasteiger partial charge in [0.05, 0.1) is 13.1 Å². The van der Waals surface area contributed by atoms with E-state index < -0.39 is 0 Å². The van der Waals surface area contributed by atoms with Gasteiger partial charge in [0.2, 0.25) is 5.91 Å². The van der Waals surface area contributed by atoms with Gasteiger partial charge in [-0.3, -0.25) is 14.5 Å². The van der Waals surface area contributed by atoms with E-state index in [0.717, 1.165) is 31.7 Å². The molecule has 0 spiro atoms. The number of hydrogen-bond acceptors (Lipinski definition) is 4. The highest BCUT2D eigenvalue weighted by Crippen LogP contribution is 2.24. The molecule has 3 heterocycles. The average Bonchev–Trinajstić information content (AvgIpc) is 3.39. The molecule has 0 saturated carbocycles. The first-order valence-corrected chi connectivity index (χ1v) is 11.4. The molecule has 156 valence electrons. The zero-order valence-electron chi connectivity index (χ0n) is 17.0. The van der Waals surface area contributed by atoms with Crippen molar-refractivity contribution >= 4 is 39.2 Å². The molecule has 0 unspecified atom stereocenters. The third-order valence-corrected chi connectivity index (χ3v) is 6.39. The highest BCUT2D eigenvalue weighted by Gasteiger charge is 2.12. The van der Waals surface area contributed by atoms with Crippen LogP contribution in [-0.2, 0) is 17.9 Å². The molecule has 0 N–H and O–H groups in total. The molecule has 4 aromatic rings. The zero-order chi connectivity index (χ0) is 21.6. The minimum absolute atomic E-state index is 0.0579. The number of likely N-dealkylation sites (N-methyl/N-ethyl adjacent to an activating group) is 1. The standard InChI is InChI=1S/C24H21BrN4OS/c1-28(16-22-12-21(25)17-31-22)23(30)10-9-20-15-29(14-18-6-3-2-4-7-18)27-24(20)19-8-5-11-26-13-19/h2-13,15,17H,14,16H2,1H3. The molecular weight excluding hydrogens is 472 g/mol. The van der Waals surface area contributed by atoms with Gasteiger partial charge in [-0.05, 0) is 45.8 Å². The van der Waals surface area contributed by atoms with Crippen LogP contribution in [-0.4, -0.2) is 32.6 Å². The lowest BCUT2D eigenvalue weighted by molar-refractivity contribution is -0.125. The van der Waals surface area contributed by atoms with E-state index >= 15 is 0 Å². The molecule has 0 aliphatic rings. The number of halogens is 1. The number of pyridine rings is 1. The Morgan fingerprint density at radius 3 is 2.77 bits per heavy atom. The Kier molecular flexibility index (Phi) is 6.74. The molecule has 31 heavy (non-hydrogen) atoms. The van der Waals surface area contributed by atoms with Gasteiger partial charge in [-0.1, -0.05) is 30.3 Å². The predicted octanol–water partition coefficient (Wildman–Crippen LogP) is 5.49. The Labute approximate surface area is 193 Å². The molecule has 1 amide bonds. The van der Waals surface area contributed by atoms with Crippen LogP contribution in [0.5, 0.6) is 0 Å². The summed E-state index contributed by atoms with van der Waals surface area (Å²) >= 11 is 5.08. The molecule has 0 atom stereocenters. The van der Waals surface area contributed by atoms with E-state index in [4.69, 9.17) is 5.10 Å². The highest BCUT2D eigenvalue weighted by molar-refractivity contribution is 9.10. The Morgan fingerprint density at radius 1 is 1.23 bits per heavy atom. The van der Waals surface area contributed by atoms with Crippen molar-refractivity contribution in [2.75, 3.05) is 7.05 Å². The van der Waals surface area contributed by atoms with Crippen LogP contribution in [0, 0.1) is 0 Å². The third-order valence-electron chi connectivity index (χ3n) is 4.71. The number of rotatable bonds is 7. The number of carbonyl (C=O) groups is 1. The van der Waals surface area contributed by atoms with Crippen molar-refractivity contribution in [3.63, 3.8) is 0 Å². The van der Waals surface area contributed by atoms with Crippen molar-refractivity contribution in [1.82, 2.24) is 19.7 Å². The summed E-state index contributed by atoms with van der Waals surface area (Å²) in [4.78, 5) is 19.7. The molecule has 0 aliphatic carbocycles. The number of nitrogens with zero attached hydrogens (tertiary/aromatic N) is 4. The van der Waals surface area contributed by atoms with Crippen LogP contribution in [0.3, 0.4) is 0 Å². The first-order valence-electron chi connectivity index (χ1n) is 9.76. The lowest BCUT2D eigenvalue weighted by Gasteiger charge is -2.13. The van der Waals surface area contributed by atoms with Crippen molar-refractivity contribution in [1.29, 1.82) is 0 Å². The number of thiophene rings is 1. The second kappa shape index (κ2) is 9.85. The van der Waals surface area contributed by atoms with Gasteiger partial charge in [0.1, 0.15) is 5.69 Å². The van der Waals surface area contributed by atoms with Crippen LogP contribution in [0.4, 0.5) is 0 Å². The van der Waals surface area contributed by atoms with E-state index in [1.165, 1.54) is 0 Å². The van der Waals surface area contributed by atoms with E-state index in [-0.39, 0.29) is 5.91 Å². The topological polar surface area (TPSA) is 51.0 Å². The van der Waals surface area contributed by atoms with Crippen LogP contribution < -0.4 is 0 Å². The van der Waals surface area contributed by atoms with Gasteiger partial charge >= 0.3 is 0 Å². The number of benzene rings is 1. The van der Waals surface area contributed by atoms with Gasteiger partial charge < -0.3 is 4.90 Å². The maximum Gasteiger partial charge on any atom is 0.246 e. The van der Waals surface area contributed by atoms with Gasteiger partial charge in [0.15, 0.2) is 0 Å². The predicted molar refractivity (Wildman–Crippen MR) is 129 cm³/mol. The second-order valence-corrected chi connectivity index (χ2v) is 9.03. The lowest BCUT2D eigenvalue weighted by Crippen LogP contribution is -2.23. The van der Waals surface area contributed by atoms with Crippen LogP contribution in [0.2, 0.25) is 0 Å². The molecule has 7 heteroatoms. The summed E-state index contributed by atoms with van der Waals surface area (Å²) in [6.07, 6.45) is 8.93. The summed E-state index contributed by atoms with van der Waals surface area (Å²) in [7, 11) is 1.81. The molecule has 5 nitrogen and oxygen atoms in total. The summed E-state index contributed by atoms with van der Waals surface area (Å²) in [6.45, 7) is 1.23. The fourth-order valence-corrected chi connectivity index (χ4v) is 4.68. The van der Waals surface area contributed by atoms with Crippen LogP contribution in [0.1, 0.15) is 16.0 Å². The average molecular weight is 493 g/mol. The van der Waals surface area contributed by atoms with E-state index in [9.17, 15) is 4.79 Å². The summed E-state index contributed by atoms with van der Waals surface area (Å²) in [6, 6.07) is 16.1. The van der Waals surface area contributed by atoms with Crippen LogP contribution in [0.15, 0.2) is 83.1 Å². The Balaban J connectivity index is 1.56. The third kappa shape index (κ3) is 5.57. The smallest absolute Gasteiger partial charge is 0.246 e. The lowest BCUT2D eigenvalue weighted by atomic mass is 10.1. The fraction of sp³-hybridized carbons (Fsp3) is 0.125. The Hall–Kier alpha value is -3.03. The van der Waals surface area contributed by atoms with E-state index in [1.807, 2.05) is 58.7 Å². The van der Waals surface area contributed by atoms with E-state index in [1.54, 1.807) is 41.8 Å². The van der Waals surface area contributed by atoms with Crippen LogP contribution >= 0.6 is 27.3 Å². The molecule has 0 fully saturated rings. The molecule has 0 bridgehead atoms.